The van der Waals surface area contributed by atoms with Crippen LogP contribution in [0.5, 0.6) is 11.5 Å². The van der Waals surface area contributed by atoms with Crippen LogP contribution >= 0.6 is 0 Å². The average molecular weight is 321 g/mol. The highest BCUT2D eigenvalue weighted by molar-refractivity contribution is 5.68. The number of methoxy groups -OCH3 is 1. The summed E-state index contributed by atoms with van der Waals surface area (Å²) < 4.78 is 16.5. The lowest BCUT2D eigenvalue weighted by Gasteiger charge is -2.24. The minimum absolute atomic E-state index is 0.245. The first-order valence-electron chi connectivity index (χ1n) is 8.12. The fourth-order valence-electron chi connectivity index (χ4n) is 2.79. The van der Waals surface area contributed by atoms with Gasteiger partial charge in [0, 0.05) is 25.1 Å². The molecule has 1 aliphatic heterocycles. The van der Waals surface area contributed by atoms with Crippen molar-refractivity contribution in [3.8, 4) is 11.5 Å². The SMILES string of the molecule is CCOc1ccc(C2CCN(C(=O)OC(C)(C)C)C2)c(OC)c1. The van der Waals surface area contributed by atoms with Gasteiger partial charge in [0.15, 0.2) is 0 Å². The molecule has 0 spiro atoms. The largest absolute Gasteiger partial charge is 0.496 e. The molecule has 1 fully saturated rings. The van der Waals surface area contributed by atoms with Crippen LogP contribution in [0.4, 0.5) is 4.79 Å². The fraction of sp³-hybridized carbons (Fsp3) is 0.611. The summed E-state index contributed by atoms with van der Waals surface area (Å²) in [4.78, 5) is 14.0. The van der Waals surface area contributed by atoms with Crippen LogP contribution < -0.4 is 9.47 Å². The summed E-state index contributed by atoms with van der Waals surface area (Å²) in [5, 5.41) is 0. The molecule has 0 bridgehead atoms. The van der Waals surface area contributed by atoms with Gasteiger partial charge in [-0.2, -0.15) is 0 Å². The van der Waals surface area contributed by atoms with Gasteiger partial charge in [0.05, 0.1) is 13.7 Å². The van der Waals surface area contributed by atoms with Gasteiger partial charge in [-0.05, 0) is 45.7 Å². The fourth-order valence-corrected chi connectivity index (χ4v) is 2.79. The van der Waals surface area contributed by atoms with E-state index in [1.165, 1.54) is 0 Å². The number of ether oxygens (including phenoxy) is 3. The van der Waals surface area contributed by atoms with E-state index in [-0.39, 0.29) is 12.0 Å². The predicted molar refractivity (Wildman–Crippen MR) is 89.3 cm³/mol. The highest BCUT2D eigenvalue weighted by Gasteiger charge is 2.31. The van der Waals surface area contributed by atoms with Gasteiger partial charge in [0.2, 0.25) is 0 Å². The molecule has 5 heteroatoms. The maximum absolute atomic E-state index is 12.2. The normalized spacial score (nSPS) is 18.0. The van der Waals surface area contributed by atoms with Crippen molar-refractivity contribution in [2.75, 3.05) is 26.8 Å². The Labute approximate surface area is 138 Å². The molecule has 0 radical (unpaired) electrons. The van der Waals surface area contributed by atoms with Crippen LogP contribution in [0.1, 0.15) is 45.6 Å². The van der Waals surface area contributed by atoms with Gasteiger partial charge in [-0.25, -0.2) is 4.79 Å². The average Bonchev–Trinajstić information content (AvgIpc) is 2.95. The second-order valence-corrected chi connectivity index (χ2v) is 6.75. The van der Waals surface area contributed by atoms with Crippen molar-refractivity contribution >= 4 is 6.09 Å². The first kappa shape index (κ1) is 17.4. The molecule has 1 aromatic rings. The summed E-state index contributed by atoms with van der Waals surface area (Å²) in [6, 6.07) is 5.90. The second kappa shape index (κ2) is 7.11. The van der Waals surface area contributed by atoms with Gasteiger partial charge in [0.1, 0.15) is 17.1 Å². The van der Waals surface area contributed by atoms with Gasteiger partial charge in [-0.3, -0.25) is 0 Å². The molecule has 2 rings (SSSR count). The van der Waals surface area contributed by atoms with Crippen molar-refractivity contribution < 1.29 is 19.0 Å². The number of hydrogen-bond acceptors (Lipinski definition) is 4. The van der Waals surface area contributed by atoms with E-state index in [2.05, 4.69) is 0 Å². The van der Waals surface area contributed by atoms with E-state index < -0.39 is 5.60 Å². The van der Waals surface area contributed by atoms with E-state index in [1.54, 1.807) is 12.0 Å². The summed E-state index contributed by atoms with van der Waals surface area (Å²) in [5.74, 6) is 1.87. The smallest absolute Gasteiger partial charge is 0.410 e. The number of hydrogen-bond donors (Lipinski definition) is 0. The first-order chi connectivity index (χ1) is 10.8. The van der Waals surface area contributed by atoms with Crippen molar-refractivity contribution in [3.05, 3.63) is 23.8 Å². The topological polar surface area (TPSA) is 48.0 Å². The summed E-state index contributed by atoms with van der Waals surface area (Å²) in [5.41, 5.74) is 0.647. The van der Waals surface area contributed by atoms with Crippen molar-refractivity contribution in [3.63, 3.8) is 0 Å². The number of carbonyl (C=O) groups excluding carboxylic acids is 1. The van der Waals surface area contributed by atoms with Gasteiger partial charge in [0.25, 0.3) is 0 Å². The second-order valence-electron chi connectivity index (χ2n) is 6.75. The van der Waals surface area contributed by atoms with E-state index in [4.69, 9.17) is 14.2 Å². The Kier molecular flexibility index (Phi) is 5.39. The Morgan fingerprint density at radius 3 is 2.70 bits per heavy atom. The summed E-state index contributed by atoms with van der Waals surface area (Å²) in [6.45, 7) is 9.58. The lowest BCUT2D eigenvalue weighted by molar-refractivity contribution is 0.0292. The van der Waals surface area contributed by atoms with E-state index in [1.807, 2.05) is 45.9 Å². The van der Waals surface area contributed by atoms with Gasteiger partial charge in [-0.1, -0.05) is 6.07 Å². The molecule has 1 unspecified atom stereocenters. The molecular formula is C18H27NO4. The Hall–Kier alpha value is -1.91. The van der Waals surface area contributed by atoms with Crippen molar-refractivity contribution in [2.24, 2.45) is 0 Å². The van der Waals surface area contributed by atoms with Gasteiger partial charge < -0.3 is 19.1 Å². The zero-order valence-electron chi connectivity index (χ0n) is 14.7. The third-order valence-corrected chi connectivity index (χ3v) is 3.80. The lowest BCUT2D eigenvalue weighted by atomic mass is 9.97. The quantitative estimate of drug-likeness (QED) is 0.846. The van der Waals surface area contributed by atoms with E-state index >= 15 is 0 Å². The molecule has 1 aromatic carbocycles. The Bertz CT molecular complexity index is 550. The van der Waals surface area contributed by atoms with E-state index in [0.29, 0.717) is 19.7 Å². The van der Waals surface area contributed by atoms with Gasteiger partial charge in [-0.15, -0.1) is 0 Å². The maximum atomic E-state index is 12.2. The Balaban J connectivity index is 2.08. The van der Waals surface area contributed by atoms with Crippen LogP contribution in [0, 0.1) is 0 Å². The number of likely N-dealkylation sites (tertiary alicyclic amines) is 1. The minimum atomic E-state index is -0.466. The zero-order chi connectivity index (χ0) is 17.0. The van der Waals surface area contributed by atoms with Crippen molar-refractivity contribution in [1.82, 2.24) is 4.90 Å². The Morgan fingerprint density at radius 2 is 2.09 bits per heavy atom. The molecule has 0 aliphatic carbocycles. The number of amides is 1. The number of benzene rings is 1. The molecule has 1 atom stereocenters. The number of rotatable bonds is 4. The van der Waals surface area contributed by atoms with Crippen molar-refractivity contribution in [1.29, 1.82) is 0 Å². The summed E-state index contributed by atoms with van der Waals surface area (Å²) >= 11 is 0. The van der Waals surface area contributed by atoms with Crippen LogP contribution in [0.25, 0.3) is 0 Å². The molecule has 1 saturated heterocycles. The molecule has 1 amide bonds. The van der Waals surface area contributed by atoms with Crippen molar-refractivity contribution in [2.45, 2.75) is 45.6 Å². The third kappa shape index (κ3) is 4.53. The van der Waals surface area contributed by atoms with Crippen LogP contribution in [-0.4, -0.2) is 43.4 Å². The standard InChI is InChI=1S/C18H27NO4/c1-6-22-14-7-8-15(16(11-14)21-5)13-9-10-19(12-13)17(20)23-18(2,3)4/h7-8,11,13H,6,9-10,12H2,1-5H3. The van der Waals surface area contributed by atoms with Crippen LogP contribution in [0.3, 0.4) is 0 Å². The monoisotopic (exact) mass is 321 g/mol. The minimum Gasteiger partial charge on any atom is -0.496 e. The first-order valence-corrected chi connectivity index (χ1v) is 8.12. The molecule has 5 nitrogen and oxygen atoms in total. The molecule has 1 heterocycles. The summed E-state index contributed by atoms with van der Waals surface area (Å²) in [6.07, 6.45) is 0.661. The van der Waals surface area contributed by atoms with Crippen LogP contribution in [0.15, 0.2) is 18.2 Å². The molecule has 23 heavy (non-hydrogen) atoms. The maximum Gasteiger partial charge on any atom is 0.410 e. The molecule has 1 aliphatic rings. The molecule has 0 aromatic heterocycles. The predicted octanol–water partition coefficient (Wildman–Crippen LogP) is 3.82. The summed E-state index contributed by atoms with van der Waals surface area (Å²) in [7, 11) is 1.66. The molecule has 0 N–H and O–H groups in total. The van der Waals surface area contributed by atoms with E-state index in [9.17, 15) is 4.79 Å². The highest BCUT2D eigenvalue weighted by Crippen LogP contribution is 2.36. The third-order valence-electron chi connectivity index (χ3n) is 3.80. The zero-order valence-corrected chi connectivity index (χ0v) is 14.7. The highest BCUT2D eigenvalue weighted by atomic mass is 16.6. The number of nitrogens with zero attached hydrogens (tertiary/aromatic N) is 1. The van der Waals surface area contributed by atoms with E-state index in [0.717, 1.165) is 23.5 Å². The lowest BCUT2D eigenvalue weighted by Crippen LogP contribution is -2.35. The van der Waals surface area contributed by atoms with Crippen LogP contribution in [0.2, 0.25) is 0 Å². The Morgan fingerprint density at radius 1 is 1.35 bits per heavy atom. The molecule has 0 saturated carbocycles. The molecule has 128 valence electrons. The van der Waals surface area contributed by atoms with Crippen LogP contribution in [-0.2, 0) is 4.74 Å². The van der Waals surface area contributed by atoms with Gasteiger partial charge >= 0.3 is 6.09 Å². The molecular weight excluding hydrogens is 294 g/mol. The number of carbonyl (C=O) groups is 1.